The van der Waals surface area contributed by atoms with Gasteiger partial charge in [-0.05, 0) is 55.0 Å². The number of hydrogen-bond donors (Lipinski definition) is 2. The van der Waals surface area contributed by atoms with Crippen LogP contribution in [0.2, 0.25) is 0 Å². The van der Waals surface area contributed by atoms with Crippen LogP contribution in [0.4, 0.5) is 5.69 Å². The van der Waals surface area contributed by atoms with Crippen LogP contribution in [-0.2, 0) is 4.79 Å². The van der Waals surface area contributed by atoms with Crippen LogP contribution in [-0.4, -0.2) is 39.7 Å². The van der Waals surface area contributed by atoms with E-state index in [1.807, 2.05) is 44.2 Å². The molecule has 0 aliphatic carbocycles. The molecule has 3 rings (SSSR count). The van der Waals surface area contributed by atoms with Crippen molar-refractivity contribution in [3.8, 4) is 22.9 Å². The Morgan fingerprint density at radius 1 is 1.18 bits per heavy atom. The van der Waals surface area contributed by atoms with Gasteiger partial charge in [0, 0.05) is 17.3 Å². The van der Waals surface area contributed by atoms with E-state index in [1.165, 1.54) is 6.08 Å². The summed E-state index contributed by atoms with van der Waals surface area (Å²) in [5, 5.41) is 16.6. The fraction of sp³-hybridized carbons (Fsp3) is 0.200. The molecule has 0 saturated carbocycles. The third-order valence-electron chi connectivity index (χ3n) is 3.71. The minimum absolute atomic E-state index is 0.0456. The number of hydrogen-bond acceptors (Lipinski definition) is 6. The van der Waals surface area contributed by atoms with Crippen LogP contribution in [0.5, 0.6) is 11.5 Å². The third kappa shape index (κ3) is 4.94. The first kappa shape index (κ1) is 19.1. The van der Waals surface area contributed by atoms with E-state index in [0.29, 0.717) is 23.0 Å². The lowest BCUT2D eigenvalue weighted by molar-refractivity contribution is -0.111. The van der Waals surface area contributed by atoms with Crippen LogP contribution in [0, 0.1) is 0 Å². The highest BCUT2D eigenvalue weighted by Gasteiger charge is 2.07. The predicted molar refractivity (Wildman–Crippen MR) is 106 cm³/mol. The molecule has 3 aromatic rings. The van der Waals surface area contributed by atoms with E-state index in [4.69, 9.17) is 9.47 Å². The first-order valence-corrected chi connectivity index (χ1v) is 8.73. The second kappa shape index (κ2) is 8.81. The molecule has 2 aromatic carbocycles. The van der Waals surface area contributed by atoms with Crippen molar-refractivity contribution in [3.05, 3.63) is 54.1 Å². The maximum absolute atomic E-state index is 12.2. The monoisotopic (exact) mass is 379 g/mol. The molecule has 0 aliphatic rings. The van der Waals surface area contributed by atoms with Gasteiger partial charge in [0.25, 0.3) is 0 Å². The van der Waals surface area contributed by atoms with Crippen molar-refractivity contribution >= 4 is 17.7 Å². The van der Waals surface area contributed by atoms with Crippen LogP contribution >= 0.6 is 0 Å². The number of nitrogens with one attached hydrogen (secondary N) is 2. The highest BCUT2D eigenvalue weighted by atomic mass is 16.5. The van der Waals surface area contributed by atoms with Gasteiger partial charge in [-0.25, -0.2) is 0 Å². The third-order valence-corrected chi connectivity index (χ3v) is 3.71. The SMILES string of the molecule is COc1cc(/C=C/C(=O)Nc2cccc(-c3nn[nH]n3)c2)ccc1OC(C)C. The molecule has 0 aliphatic heterocycles. The molecule has 0 bridgehead atoms. The normalized spacial score (nSPS) is 11.0. The highest BCUT2D eigenvalue weighted by Crippen LogP contribution is 2.29. The van der Waals surface area contributed by atoms with Crippen LogP contribution in [0.3, 0.4) is 0 Å². The lowest BCUT2D eigenvalue weighted by atomic mass is 10.1. The molecule has 1 aromatic heterocycles. The Labute approximate surface area is 162 Å². The number of carbonyl (C=O) groups is 1. The number of tetrazole rings is 1. The molecule has 8 nitrogen and oxygen atoms in total. The Kier molecular flexibility index (Phi) is 6.01. The Hall–Kier alpha value is -3.68. The molecule has 8 heteroatoms. The highest BCUT2D eigenvalue weighted by molar-refractivity contribution is 6.02. The van der Waals surface area contributed by atoms with Crippen molar-refractivity contribution < 1.29 is 14.3 Å². The number of H-pyrrole nitrogens is 1. The van der Waals surface area contributed by atoms with Gasteiger partial charge >= 0.3 is 0 Å². The lowest BCUT2D eigenvalue weighted by Crippen LogP contribution is -2.08. The number of benzene rings is 2. The standard InChI is InChI=1S/C20H21N5O3/c1-13(2)28-17-9-7-14(11-18(17)27-3)8-10-19(26)21-16-6-4-5-15(12-16)20-22-24-25-23-20/h4-13H,1-3H3,(H,21,26)(H,22,23,24,25)/b10-8+. The predicted octanol–water partition coefficient (Wildman–Crippen LogP) is 3.31. The zero-order valence-electron chi connectivity index (χ0n) is 15.8. The summed E-state index contributed by atoms with van der Waals surface area (Å²) in [6.07, 6.45) is 3.21. The van der Waals surface area contributed by atoms with Crippen LogP contribution in [0.1, 0.15) is 19.4 Å². The quantitative estimate of drug-likeness (QED) is 0.611. The average Bonchev–Trinajstić information content (AvgIpc) is 3.22. The van der Waals surface area contributed by atoms with E-state index >= 15 is 0 Å². The fourth-order valence-electron chi connectivity index (χ4n) is 2.52. The molecule has 144 valence electrons. The van der Waals surface area contributed by atoms with E-state index in [2.05, 4.69) is 25.9 Å². The number of nitrogens with zero attached hydrogens (tertiary/aromatic N) is 3. The summed E-state index contributed by atoms with van der Waals surface area (Å²) >= 11 is 0. The van der Waals surface area contributed by atoms with Gasteiger partial charge in [-0.15, -0.1) is 10.2 Å². The summed E-state index contributed by atoms with van der Waals surface area (Å²) in [4.78, 5) is 12.2. The Bertz CT molecular complexity index is 968. The number of aromatic amines is 1. The zero-order valence-corrected chi connectivity index (χ0v) is 15.8. The van der Waals surface area contributed by atoms with E-state index in [0.717, 1.165) is 11.1 Å². The maximum atomic E-state index is 12.2. The fourth-order valence-corrected chi connectivity index (χ4v) is 2.52. The number of ether oxygens (including phenoxy) is 2. The molecule has 28 heavy (non-hydrogen) atoms. The van der Waals surface area contributed by atoms with Crippen LogP contribution in [0.15, 0.2) is 48.5 Å². The number of amides is 1. The molecule has 0 spiro atoms. The lowest BCUT2D eigenvalue weighted by Gasteiger charge is -2.13. The molecular weight excluding hydrogens is 358 g/mol. The van der Waals surface area contributed by atoms with Gasteiger partial charge in [0.1, 0.15) is 0 Å². The number of rotatable bonds is 7. The number of anilines is 1. The van der Waals surface area contributed by atoms with Gasteiger partial charge < -0.3 is 14.8 Å². The molecular formula is C20H21N5O3. The second-order valence-corrected chi connectivity index (χ2v) is 6.22. The van der Waals surface area contributed by atoms with Crippen molar-refractivity contribution in [3.63, 3.8) is 0 Å². The van der Waals surface area contributed by atoms with Crippen molar-refractivity contribution in [2.24, 2.45) is 0 Å². The Balaban J connectivity index is 1.68. The summed E-state index contributed by atoms with van der Waals surface area (Å²) in [5.41, 5.74) is 2.21. The minimum atomic E-state index is -0.258. The Morgan fingerprint density at radius 3 is 2.75 bits per heavy atom. The minimum Gasteiger partial charge on any atom is -0.493 e. The van der Waals surface area contributed by atoms with Crippen LogP contribution in [0.25, 0.3) is 17.5 Å². The van der Waals surface area contributed by atoms with Gasteiger partial charge in [-0.3, -0.25) is 4.79 Å². The van der Waals surface area contributed by atoms with E-state index < -0.39 is 0 Å². The van der Waals surface area contributed by atoms with Gasteiger partial charge in [0.2, 0.25) is 11.7 Å². The molecule has 0 radical (unpaired) electrons. The summed E-state index contributed by atoms with van der Waals surface area (Å²) in [5.74, 6) is 1.48. The van der Waals surface area contributed by atoms with Gasteiger partial charge in [-0.2, -0.15) is 5.21 Å². The first-order valence-electron chi connectivity index (χ1n) is 8.73. The van der Waals surface area contributed by atoms with Gasteiger partial charge in [-0.1, -0.05) is 18.2 Å². The molecule has 1 amide bonds. The smallest absolute Gasteiger partial charge is 0.248 e. The average molecular weight is 379 g/mol. The Morgan fingerprint density at radius 2 is 2.04 bits per heavy atom. The number of aromatic nitrogens is 4. The topological polar surface area (TPSA) is 102 Å². The van der Waals surface area contributed by atoms with Crippen LogP contribution < -0.4 is 14.8 Å². The van der Waals surface area contributed by atoms with Gasteiger partial charge in [0.15, 0.2) is 11.5 Å². The second-order valence-electron chi connectivity index (χ2n) is 6.22. The maximum Gasteiger partial charge on any atom is 0.248 e. The molecule has 2 N–H and O–H groups in total. The first-order chi connectivity index (χ1) is 13.5. The van der Waals surface area contributed by atoms with Crippen molar-refractivity contribution in [1.82, 2.24) is 20.6 Å². The summed E-state index contributed by atoms with van der Waals surface area (Å²) in [6.45, 7) is 3.90. The van der Waals surface area contributed by atoms with Crippen molar-refractivity contribution in [2.75, 3.05) is 12.4 Å². The van der Waals surface area contributed by atoms with Gasteiger partial charge in [0.05, 0.1) is 13.2 Å². The number of carbonyl (C=O) groups excluding carboxylic acids is 1. The van der Waals surface area contributed by atoms with Crippen molar-refractivity contribution in [1.29, 1.82) is 0 Å². The number of methoxy groups -OCH3 is 1. The zero-order chi connectivity index (χ0) is 19.9. The molecule has 0 fully saturated rings. The van der Waals surface area contributed by atoms with Crippen molar-refractivity contribution in [2.45, 2.75) is 20.0 Å². The largest absolute Gasteiger partial charge is 0.493 e. The summed E-state index contributed by atoms with van der Waals surface area (Å²) < 4.78 is 11.1. The van der Waals surface area contributed by atoms with E-state index in [9.17, 15) is 4.79 Å². The molecule has 0 unspecified atom stereocenters. The molecule has 0 atom stereocenters. The van der Waals surface area contributed by atoms with E-state index in [1.54, 1.807) is 25.3 Å². The molecule has 0 saturated heterocycles. The van der Waals surface area contributed by atoms with E-state index in [-0.39, 0.29) is 12.0 Å². The molecule has 1 heterocycles. The summed E-state index contributed by atoms with van der Waals surface area (Å²) in [6, 6.07) is 12.7. The summed E-state index contributed by atoms with van der Waals surface area (Å²) in [7, 11) is 1.58.